The molecular formula is C48H30O. The highest BCUT2D eigenvalue weighted by atomic mass is 16.3. The molecule has 0 radical (unpaired) electrons. The highest BCUT2D eigenvalue weighted by Crippen LogP contribution is 2.44. The van der Waals surface area contributed by atoms with Crippen molar-refractivity contribution in [2.45, 2.75) is 0 Å². The SMILES string of the molecule is [2H]c1c([2H])c(-c2c3ccccc3c(-c3ccccc3)c3ccccc23)c([2H])c([2H])c1-c1ccc2c(c1)oc1c(-c3ccc4ccccc4c3)cccc12. The Morgan fingerprint density at radius 1 is 0.347 bits per heavy atom. The van der Waals surface area contributed by atoms with Crippen LogP contribution >= 0.6 is 0 Å². The number of para-hydroxylation sites is 1. The standard InChI is InChI=1S/C48H30O/c1-2-12-33(13-3-1)46-40-15-6-8-17-42(40)47(43-18-9-7-16-41(43)46)34-24-21-32(22-25-34)36-27-28-39-44-20-10-19-38(48(44)49-45(39)30-36)37-26-23-31-11-4-5-14-35(31)29-37/h1-30H/i21D,22D,24D,25D. The van der Waals surface area contributed by atoms with E-state index in [2.05, 4.69) is 60.7 Å². The van der Waals surface area contributed by atoms with Gasteiger partial charge in [-0.2, -0.15) is 0 Å². The second-order valence-corrected chi connectivity index (χ2v) is 12.5. The first-order valence-corrected chi connectivity index (χ1v) is 16.5. The van der Waals surface area contributed by atoms with Gasteiger partial charge in [0.05, 0.1) is 5.48 Å². The molecular weight excluding hydrogens is 593 g/mol. The number of rotatable bonds is 4. The van der Waals surface area contributed by atoms with Crippen molar-refractivity contribution in [2.24, 2.45) is 0 Å². The minimum Gasteiger partial charge on any atom is -0.455 e. The zero-order valence-corrected chi connectivity index (χ0v) is 26.4. The second-order valence-electron chi connectivity index (χ2n) is 12.5. The van der Waals surface area contributed by atoms with Crippen molar-refractivity contribution in [3.8, 4) is 44.5 Å². The molecule has 0 amide bonds. The highest BCUT2D eigenvalue weighted by molar-refractivity contribution is 6.21. The van der Waals surface area contributed by atoms with Crippen molar-refractivity contribution < 1.29 is 9.90 Å². The molecule has 1 heterocycles. The van der Waals surface area contributed by atoms with Crippen LogP contribution in [0.3, 0.4) is 0 Å². The summed E-state index contributed by atoms with van der Waals surface area (Å²) in [7, 11) is 0. The fraction of sp³-hybridized carbons (Fsp3) is 0. The molecule has 1 heteroatoms. The fourth-order valence-electron chi connectivity index (χ4n) is 7.43. The van der Waals surface area contributed by atoms with Crippen molar-refractivity contribution in [3.05, 3.63) is 182 Å². The van der Waals surface area contributed by atoms with Crippen LogP contribution in [-0.4, -0.2) is 0 Å². The van der Waals surface area contributed by atoms with E-state index in [9.17, 15) is 5.48 Å². The van der Waals surface area contributed by atoms with Crippen molar-refractivity contribution in [2.75, 3.05) is 0 Å². The molecule has 10 aromatic rings. The lowest BCUT2D eigenvalue weighted by Crippen LogP contribution is -1.90. The molecule has 0 N–H and O–H groups in total. The van der Waals surface area contributed by atoms with Gasteiger partial charge in [-0.3, -0.25) is 0 Å². The van der Waals surface area contributed by atoms with Crippen LogP contribution < -0.4 is 0 Å². The Balaban J connectivity index is 1.16. The van der Waals surface area contributed by atoms with Gasteiger partial charge >= 0.3 is 0 Å². The third-order valence-corrected chi connectivity index (χ3v) is 9.72. The number of fused-ring (bicyclic) bond motifs is 6. The van der Waals surface area contributed by atoms with Gasteiger partial charge < -0.3 is 4.42 Å². The third-order valence-electron chi connectivity index (χ3n) is 9.72. The number of hydrogen-bond donors (Lipinski definition) is 0. The normalized spacial score (nSPS) is 12.8. The third kappa shape index (κ3) is 4.47. The molecule has 9 aromatic carbocycles. The fourth-order valence-corrected chi connectivity index (χ4v) is 7.43. The Bertz CT molecular complexity index is 3020. The molecule has 1 aromatic heterocycles. The molecule has 0 unspecified atom stereocenters. The summed E-state index contributed by atoms with van der Waals surface area (Å²) < 4.78 is 44.2. The molecule has 0 aliphatic rings. The Morgan fingerprint density at radius 2 is 0.918 bits per heavy atom. The molecule has 0 bridgehead atoms. The highest BCUT2D eigenvalue weighted by Gasteiger charge is 2.17. The minimum absolute atomic E-state index is 0.0768. The summed E-state index contributed by atoms with van der Waals surface area (Å²) in [5.74, 6) is 0. The molecule has 228 valence electrons. The number of benzene rings is 9. The molecule has 0 aliphatic carbocycles. The lowest BCUT2D eigenvalue weighted by Gasteiger charge is -2.18. The lowest BCUT2D eigenvalue weighted by molar-refractivity contribution is 0.670. The predicted octanol–water partition coefficient (Wildman–Crippen LogP) is 13.7. The van der Waals surface area contributed by atoms with Crippen LogP contribution in [0.25, 0.3) is 98.8 Å². The van der Waals surface area contributed by atoms with Gasteiger partial charge in [0, 0.05) is 16.3 Å². The summed E-state index contributed by atoms with van der Waals surface area (Å²) in [6.07, 6.45) is 0. The van der Waals surface area contributed by atoms with E-state index in [0.717, 1.165) is 65.5 Å². The van der Waals surface area contributed by atoms with E-state index >= 15 is 0 Å². The summed E-state index contributed by atoms with van der Waals surface area (Å²) in [6, 6.07) is 52.6. The average Bonchev–Trinajstić information content (AvgIpc) is 3.58. The van der Waals surface area contributed by atoms with Gasteiger partial charge in [0.25, 0.3) is 0 Å². The van der Waals surface area contributed by atoms with E-state index in [1.165, 1.54) is 5.39 Å². The maximum absolute atomic E-state index is 9.45. The van der Waals surface area contributed by atoms with Gasteiger partial charge in [0.15, 0.2) is 0 Å². The van der Waals surface area contributed by atoms with E-state index in [1.807, 2.05) is 97.1 Å². The Hall–Kier alpha value is -6.44. The van der Waals surface area contributed by atoms with Gasteiger partial charge in [0.2, 0.25) is 0 Å². The van der Waals surface area contributed by atoms with Gasteiger partial charge in [-0.15, -0.1) is 0 Å². The molecule has 0 spiro atoms. The number of hydrogen-bond acceptors (Lipinski definition) is 1. The molecule has 49 heavy (non-hydrogen) atoms. The van der Waals surface area contributed by atoms with Crippen LogP contribution in [-0.2, 0) is 0 Å². The van der Waals surface area contributed by atoms with E-state index in [1.54, 1.807) is 0 Å². The second kappa shape index (κ2) is 11.1. The Labute approximate surface area is 289 Å². The zero-order chi connectivity index (χ0) is 35.8. The van der Waals surface area contributed by atoms with Crippen LogP contribution in [0.2, 0.25) is 0 Å². The molecule has 0 atom stereocenters. The largest absolute Gasteiger partial charge is 0.455 e. The average molecular weight is 627 g/mol. The molecule has 10 rings (SSSR count). The summed E-state index contributed by atoms with van der Waals surface area (Å²) in [5.41, 5.74) is 7.40. The van der Waals surface area contributed by atoms with E-state index in [4.69, 9.17) is 4.42 Å². The molecule has 1 nitrogen and oxygen atoms in total. The summed E-state index contributed by atoms with van der Waals surface area (Å²) >= 11 is 0. The summed E-state index contributed by atoms with van der Waals surface area (Å²) in [4.78, 5) is 0. The van der Waals surface area contributed by atoms with Gasteiger partial charge in [-0.1, -0.05) is 164 Å². The van der Waals surface area contributed by atoms with Crippen LogP contribution in [0.15, 0.2) is 186 Å². The van der Waals surface area contributed by atoms with Crippen LogP contribution in [0.1, 0.15) is 5.48 Å². The van der Waals surface area contributed by atoms with Crippen LogP contribution in [0.5, 0.6) is 0 Å². The van der Waals surface area contributed by atoms with Crippen molar-refractivity contribution in [1.29, 1.82) is 0 Å². The van der Waals surface area contributed by atoms with Crippen LogP contribution in [0, 0.1) is 0 Å². The Morgan fingerprint density at radius 3 is 1.63 bits per heavy atom. The topological polar surface area (TPSA) is 13.1 Å². The van der Waals surface area contributed by atoms with Gasteiger partial charge in [0.1, 0.15) is 11.2 Å². The molecule has 0 saturated heterocycles. The van der Waals surface area contributed by atoms with Gasteiger partial charge in [-0.25, -0.2) is 0 Å². The van der Waals surface area contributed by atoms with E-state index in [-0.39, 0.29) is 29.7 Å². The maximum Gasteiger partial charge on any atom is 0.143 e. The summed E-state index contributed by atoms with van der Waals surface area (Å²) in [5, 5.41) is 7.97. The van der Waals surface area contributed by atoms with E-state index < -0.39 is 0 Å². The lowest BCUT2D eigenvalue weighted by atomic mass is 9.86. The first-order chi connectivity index (χ1) is 26.0. The van der Waals surface area contributed by atoms with Crippen molar-refractivity contribution >= 4 is 54.3 Å². The van der Waals surface area contributed by atoms with Crippen molar-refractivity contribution in [1.82, 2.24) is 0 Å². The van der Waals surface area contributed by atoms with Crippen molar-refractivity contribution in [3.63, 3.8) is 0 Å². The Kier molecular flexibility index (Phi) is 5.38. The monoisotopic (exact) mass is 626 g/mol. The van der Waals surface area contributed by atoms with E-state index in [0.29, 0.717) is 22.3 Å². The quantitative estimate of drug-likeness (QED) is 0.177. The molecule has 0 saturated carbocycles. The zero-order valence-electron chi connectivity index (χ0n) is 30.4. The molecule has 0 fully saturated rings. The smallest absolute Gasteiger partial charge is 0.143 e. The minimum atomic E-state index is -0.0892. The first kappa shape index (κ1) is 23.8. The predicted molar refractivity (Wildman–Crippen MR) is 208 cm³/mol. The summed E-state index contributed by atoms with van der Waals surface area (Å²) in [6.45, 7) is 0. The first-order valence-electron chi connectivity index (χ1n) is 18.5. The number of furan rings is 1. The van der Waals surface area contributed by atoms with Gasteiger partial charge in [-0.05, 0) is 89.5 Å². The van der Waals surface area contributed by atoms with Crippen LogP contribution in [0.4, 0.5) is 0 Å². The molecule has 0 aliphatic heterocycles. The maximum atomic E-state index is 9.45.